The lowest BCUT2D eigenvalue weighted by molar-refractivity contribution is -0.137. The summed E-state index contributed by atoms with van der Waals surface area (Å²) in [5, 5.41) is 6.80. The highest BCUT2D eigenvalue weighted by atomic mass is 19.4. The highest BCUT2D eigenvalue weighted by Gasteiger charge is 2.32. The van der Waals surface area contributed by atoms with E-state index in [0.29, 0.717) is 11.3 Å². The van der Waals surface area contributed by atoms with Crippen LogP contribution in [0.1, 0.15) is 35.5 Å². The van der Waals surface area contributed by atoms with E-state index in [1.54, 1.807) is 50.2 Å². The van der Waals surface area contributed by atoms with Crippen LogP contribution in [0.2, 0.25) is 0 Å². The van der Waals surface area contributed by atoms with Crippen molar-refractivity contribution in [3.8, 4) is 5.69 Å². The Morgan fingerprint density at radius 2 is 1.63 bits per heavy atom. The lowest BCUT2D eigenvalue weighted by Crippen LogP contribution is -2.38. The number of hydrogen-bond acceptors (Lipinski definition) is 3. The number of nitrogens with zero attached hydrogens (tertiary/aromatic N) is 2. The van der Waals surface area contributed by atoms with Crippen LogP contribution < -0.4 is 10.9 Å². The molecular weight excluding hydrogens is 395 g/mol. The van der Waals surface area contributed by atoms with Gasteiger partial charge in [0.25, 0.3) is 11.5 Å². The van der Waals surface area contributed by atoms with E-state index < -0.39 is 23.1 Å². The summed E-state index contributed by atoms with van der Waals surface area (Å²) >= 11 is 0. The number of alkyl halides is 3. The molecule has 1 amide bonds. The van der Waals surface area contributed by atoms with Gasteiger partial charge in [-0.2, -0.15) is 23.0 Å². The first-order chi connectivity index (χ1) is 14.1. The predicted molar refractivity (Wildman–Crippen MR) is 107 cm³/mol. The van der Waals surface area contributed by atoms with Crippen molar-refractivity contribution in [2.24, 2.45) is 0 Å². The van der Waals surface area contributed by atoms with Gasteiger partial charge in [0, 0.05) is 18.0 Å². The van der Waals surface area contributed by atoms with E-state index in [9.17, 15) is 22.8 Å². The maximum Gasteiger partial charge on any atom is 0.416 e. The molecule has 0 aliphatic rings. The SMILES string of the molecule is CC(C)(CNC(=O)c1ccc(=O)n(-c2ccccc2)n1)c1cccc(C(F)(F)F)c1. The third-order valence-corrected chi connectivity index (χ3v) is 4.70. The highest BCUT2D eigenvalue weighted by Crippen LogP contribution is 2.32. The summed E-state index contributed by atoms with van der Waals surface area (Å²) in [4.78, 5) is 24.7. The van der Waals surface area contributed by atoms with Crippen LogP contribution in [-0.4, -0.2) is 22.2 Å². The van der Waals surface area contributed by atoms with Crippen LogP contribution in [0.25, 0.3) is 5.69 Å². The number of halogens is 3. The summed E-state index contributed by atoms with van der Waals surface area (Å²) in [7, 11) is 0. The van der Waals surface area contributed by atoms with E-state index >= 15 is 0 Å². The Labute approximate surface area is 171 Å². The number of carbonyl (C=O) groups excluding carboxylic acids is 1. The van der Waals surface area contributed by atoms with Gasteiger partial charge in [-0.1, -0.05) is 50.2 Å². The van der Waals surface area contributed by atoms with Crippen LogP contribution in [0, 0.1) is 0 Å². The van der Waals surface area contributed by atoms with E-state index in [4.69, 9.17) is 0 Å². The number of carbonyl (C=O) groups is 1. The van der Waals surface area contributed by atoms with Gasteiger partial charge in [-0.15, -0.1) is 0 Å². The van der Waals surface area contributed by atoms with E-state index in [1.165, 1.54) is 18.2 Å². The molecule has 0 radical (unpaired) electrons. The number of para-hydroxylation sites is 1. The summed E-state index contributed by atoms with van der Waals surface area (Å²) < 4.78 is 40.1. The Bertz CT molecular complexity index is 1110. The fraction of sp³-hybridized carbons (Fsp3) is 0.227. The Morgan fingerprint density at radius 3 is 2.30 bits per heavy atom. The Morgan fingerprint density at radius 1 is 0.967 bits per heavy atom. The number of aromatic nitrogens is 2. The van der Waals surface area contributed by atoms with Crippen LogP contribution in [0.15, 0.2) is 71.5 Å². The lowest BCUT2D eigenvalue weighted by Gasteiger charge is -2.26. The molecule has 0 spiro atoms. The first-order valence-corrected chi connectivity index (χ1v) is 9.20. The minimum Gasteiger partial charge on any atom is -0.350 e. The molecule has 3 aromatic rings. The minimum atomic E-state index is -4.44. The van der Waals surface area contributed by atoms with Gasteiger partial charge in [0.15, 0.2) is 0 Å². The molecule has 0 saturated heterocycles. The van der Waals surface area contributed by atoms with Crippen LogP contribution >= 0.6 is 0 Å². The molecule has 0 bridgehead atoms. The molecule has 0 aliphatic heterocycles. The minimum absolute atomic E-state index is 0.0262. The van der Waals surface area contributed by atoms with Gasteiger partial charge in [0.05, 0.1) is 11.3 Å². The molecule has 5 nitrogen and oxygen atoms in total. The van der Waals surface area contributed by atoms with Gasteiger partial charge >= 0.3 is 6.18 Å². The van der Waals surface area contributed by atoms with Crippen molar-refractivity contribution in [1.82, 2.24) is 15.1 Å². The van der Waals surface area contributed by atoms with Gasteiger partial charge in [0.1, 0.15) is 5.69 Å². The van der Waals surface area contributed by atoms with Crippen LogP contribution in [-0.2, 0) is 11.6 Å². The molecule has 0 fully saturated rings. The Balaban J connectivity index is 1.78. The molecule has 8 heteroatoms. The molecule has 3 rings (SSSR count). The zero-order valence-corrected chi connectivity index (χ0v) is 16.4. The van der Waals surface area contributed by atoms with Crippen molar-refractivity contribution in [2.75, 3.05) is 6.54 Å². The Kier molecular flexibility index (Phi) is 5.78. The number of amides is 1. The third-order valence-electron chi connectivity index (χ3n) is 4.70. The van der Waals surface area contributed by atoms with Crippen molar-refractivity contribution in [1.29, 1.82) is 0 Å². The molecule has 1 N–H and O–H groups in total. The average molecular weight is 415 g/mol. The molecule has 156 valence electrons. The number of nitrogens with one attached hydrogen (secondary N) is 1. The second-order valence-electron chi connectivity index (χ2n) is 7.45. The topological polar surface area (TPSA) is 64.0 Å². The largest absolute Gasteiger partial charge is 0.416 e. The van der Waals surface area contributed by atoms with E-state index in [2.05, 4.69) is 10.4 Å². The lowest BCUT2D eigenvalue weighted by atomic mass is 9.83. The molecule has 1 aromatic heterocycles. The fourth-order valence-corrected chi connectivity index (χ4v) is 2.90. The maximum absolute atomic E-state index is 13.0. The zero-order chi connectivity index (χ0) is 21.9. The third kappa shape index (κ3) is 4.76. The predicted octanol–water partition coefficient (Wildman–Crippen LogP) is 3.96. The second kappa shape index (κ2) is 8.14. The monoisotopic (exact) mass is 415 g/mol. The average Bonchev–Trinajstić information content (AvgIpc) is 2.72. The summed E-state index contributed by atoms with van der Waals surface area (Å²) in [5.41, 5.74) is -0.900. The van der Waals surface area contributed by atoms with Crippen LogP contribution in [0.4, 0.5) is 13.2 Å². The molecular formula is C22H20F3N3O2. The number of benzene rings is 2. The molecule has 1 heterocycles. The first kappa shape index (κ1) is 21.3. The maximum atomic E-state index is 13.0. The fourth-order valence-electron chi connectivity index (χ4n) is 2.90. The van der Waals surface area contributed by atoms with E-state index in [0.717, 1.165) is 16.8 Å². The van der Waals surface area contributed by atoms with Gasteiger partial charge in [-0.05, 0) is 29.8 Å². The van der Waals surface area contributed by atoms with Crippen LogP contribution in [0.3, 0.4) is 0 Å². The van der Waals surface area contributed by atoms with E-state index in [-0.39, 0.29) is 17.8 Å². The summed E-state index contributed by atoms with van der Waals surface area (Å²) in [6, 6.07) is 16.2. The van der Waals surface area contributed by atoms with Crippen molar-refractivity contribution in [2.45, 2.75) is 25.4 Å². The van der Waals surface area contributed by atoms with Crippen LogP contribution in [0.5, 0.6) is 0 Å². The molecule has 0 saturated carbocycles. The van der Waals surface area contributed by atoms with Gasteiger partial charge in [-0.25, -0.2) is 0 Å². The normalized spacial score (nSPS) is 11.9. The van der Waals surface area contributed by atoms with E-state index in [1.807, 2.05) is 0 Å². The molecule has 0 aliphatic carbocycles. The summed E-state index contributed by atoms with van der Waals surface area (Å²) in [6.45, 7) is 3.56. The summed E-state index contributed by atoms with van der Waals surface area (Å²) in [5.74, 6) is -0.528. The molecule has 0 atom stereocenters. The standard InChI is InChI=1S/C22H20F3N3O2/c1-21(2,15-7-6-8-16(13-15)22(23,24)25)14-26-20(30)18-11-12-19(29)28(27-18)17-9-4-3-5-10-17/h3-13H,14H2,1-2H3,(H,26,30). The molecule has 30 heavy (non-hydrogen) atoms. The van der Waals surface area contributed by atoms with Gasteiger partial charge in [-0.3, -0.25) is 9.59 Å². The quantitative estimate of drug-likeness (QED) is 0.686. The first-order valence-electron chi connectivity index (χ1n) is 9.20. The van der Waals surface area contributed by atoms with Crippen molar-refractivity contribution < 1.29 is 18.0 Å². The van der Waals surface area contributed by atoms with Gasteiger partial charge in [0.2, 0.25) is 0 Å². The Hall–Kier alpha value is -3.42. The van der Waals surface area contributed by atoms with Crippen molar-refractivity contribution >= 4 is 5.91 Å². The van der Waals surface area contributed by atoms with Gasteiger partial charge < -0.3 is 5.32 Å². The summed E-state index contributed by atoms with van der Waals surface area (Å²) in [6.07, 6.45) is -4.44. The van der Waals surface area contributed by atoms with Crippen molar-refractivity contribution in [3.63, 3.8) is 0 Å². The molecule has 2 aromatic carbocycles. The smallest absolute Gasteiger partial charge is 0.350 e. The second-order valence-corrected chi connectivity index (χ2v) is 7.45. The zero-order valence-electron chi connectivity index (χ0n) is 16.4. The highest BCUT2D eigenvalue weighted by molar-refractivity contribution is 5.92. The number of hydrogen-bond donors (Lipinski definition) is 1. The van der Waals surface area contributed by atoms with Crippen molar-refractivity contribution in [3.05, 3.63) is 93.9 Å². The number of rotatable bonds is 5. The molecule has 0 unspecified atom stereocenters.